The highest BCUT2D eigenvalue weighted by molar-refractivity contribution is 8.22. The van der Waals surface area contributed by atoms with E-state index >= 15 is 0 Å². The number of nitrogens with zero attached hydrogens (tertiary/aromatic N) is 2. The molecule has 0 fully saturated rings. The summed E-state index contributed by atoms with van der Waals surface area (Å²) in [4.78, 5) is 26.6. The standard InChI is InChI=1S/C29H36N2O7S/c1-6-22-18-31(39(34,35)27-10-8-7-9-25(27)37-22)17-21-15-20(12-11-19(21)2)23(16-28(32)36-5)24-13-14-26(38-24)29(33)30(3)4/h7-15,22-23,34-35H,6,16-18H2,1-5H3. The number of benzene rings is 2. The van der Waals surface area contributed by atoms with Gasteiger partial charge < -0.3 is 18.8 Å². The molecular weight excluding hydrogens is 520 g/mol. The summed E-state index contributed by atoms with van der Waals surface area (Å²) < 4.78 is 41.5. The number of carbonyl (C=O) groups is 2. The highest BCUT2D eigenvalue weighted by Crippen LogP contribution is 2.57. The molecule has 2 heterocycles. The number of furan rings is 1. The minimum atomic E-state index is -3.33. The molecule has 2 atom stereocenters. The lowest BCUT2D eigenvalue weighted by atomic mass is 9.90. The Morgan fingerprint density at radius 2 is 1.90 bits per heavy atom. The number of hydrogen-bond acceptors (Lipinski definition) is 8. The number of ether oxygens (including phenoxy) is 2. The van der Waals surface area contributed by atoms with Crippen molar-refractivity contribution in [3.05, 3.63) is 82.8 Å². The molecule has 0 radical (unpaired) electrons. The maximum absolute atomic E-state index is 12.4. The summed E-state index contributed by atoms with van der Waals surface area (Å²) in [6, 6.07) is 16.1. The van der Waals surface area contributed by atoms with Crippen LogP contribution >= 0.6 is 10.8 Å². The van der Waals surface area contributed by atoms with Gasteiger partial charge in [0.05, 0.1) is 26.0 Å². The van der Waals surface area contributed by atoms with Gasteiger partial charge in [-0.3, -0.25) is 18.7 Å². The maximum atomic E-state index is 12.4. The van der Waals surface area contributed by atoms with Crippen LogP contribution in [-0.2, 0) is 16.1 Å². The van der Waals surface area contributed by atoms with Crippen molar-refractivity contribution in [2.24, 2.45) is 0 Å². The van der Waals surface area contributed by atoms with Gasteiger partial charge in [-0.2, -0.15) is 4.31 Å². The fourth-order valence-electron chi connectivity index (χ4n) is 4.60. The first-order valence-electron chi connectivity index (χ1n) is 12.8. The zero-order chi connectivity index (χ0) is 28.3. The van der Waals surface area contributed by atoms with E-state index in [2.05, 4.69) is 0 Å². The third kappa shape index (κ3) is 6.14. The van der Waals surface area contributed by atoms with Gasteiger partial charge >= 0.3 is 5.97 Å². The third-order valence-corrected chi connectivity index (χ3v) is 8.89. The number of aryl methyl sites for hydroxylation is 1. The minimum absolute atomic E-state index is 0.0140. The van der Waals surface area contributed by atoms with E-state index in [0.717, 1.165) is 16.7 Å². The molecular formula is C29H36N2O7S. The second-order valence-electron chi connectivity index (χ2n) is 9.86. The van der Waals surface area contributed by atoms with E-state index in [1.165, 1.54) is 12.0 Å². The summed E-state index contributed by atoms with van der Waals surface area (Å²) in [7, 11) is 1.29. The van der Waals surface area contributed by atoms with Crippen molar-refractivity contribution >= 4 is 22.7 Å². The number of methoxy groups -OCH3 is 1. The molecule has 3 aromatic rings. The summed E-state index contributed by atoms with van der Waals surface area (Å²) in [6.07, 6.45) is 0.499. The molecule has 0 saturated heterocycles. The predicted octanol–water partition coefficient (Wildman–Crippen LogP) is 5.68. The molecule has 1 amide bonds. The zero-order valence-electron chi connectivity index (χ0n) is 22.9. The Balaban J connectivity index is 1.71. The zero-order valence-corrected chi connectivity index (χ0v) is 23.7. The van der Waals surface area contributed by atoms with Crippen LogP contribution in [0.1, 0.15) is 58.7 Å². The van der Waals surface area contributed by atoms with Crippen molar-refractivity contribution in [3.8, 4) is 5.75 Å². The molecule has 0 bridgehead atoms. The van der Waals surface area contributed by atoms with Crippen LogP contribution in [0.15, 0.2) is 63.9 Å². The number of hydrogen-bond donors (Lipinski definition) is 2. The Morgan fingerprint density at radius 3 is 2.59 bits per heavy atom. The average Bonchev–Trinajstić information content (AvgIpc) is 3.37. The Hall–Kier alpha value is -3.31. The smallest absolute Gasteiger partial charge is 0.306 e. The number of amides is 1. The van der Waals surface area contributed by atoms with Crippen molar-refractivity contribution in [2.45, 2.75) is 50.2 Å². The highest BCUT2D eigenvalue weighted by Gasteiger charge is 2.35. The van der Waals surface area contributed by atoms with Gasteiger partial charge in [0.2, 0.25) is 0 Å². The van der Waals surface area contributed by atoms with Crippen molar-refractivity contribution in [1.29, 1.82) is 0 Å². The lowest BCUT2D eigenvalue weighted by molar-refractivity contribution is -0.140. The summed E-state index contributed by atoms with van der Waals surface area (Å²) in [5.41, 5.74) is 2.61. The van der Waals surface area contributed by atoms with Crippen LogP contribution in [0.25, 0.3) is 0 Å². The van der Waals surface area contributed by atoms with Crippen molar-refractivity contribution in [1.82, 2.24) is 9.21 Å². The summed E-state index contributed by atoms with van der Waals surface area (Å²) >= 11 is 0. The van der Waals surface area contributed by atoms with E-state index in [0.29, 0.717) is 29.4 Å². The van der Waals surface area contributed by atoms with Crippen LogP contribution in [0, 0.1) is 6.92 Å². The first-order chi connectivity index (χ1) is 18.5. The SMILES string of the molecule is CCC1CN(Cc2cc(C(CC(=O)OC)c3ccc(C(=O)N(C)C)o3)ccc2C)S(O)(O)c2ccccc2O1. The van der Waals surface area contributed by atoms with E-state index < -0.39 is 22.7 Å². The first kappa shape index (κ1) is 28.7. The predicted molar refractivity (Wildman–Crippen MR) is 149 cm³/mol. The van der Waals surface area contributed by atoms with Crippen LogP contribution in [0.2, 0.25) is 0 Å². The average molecular weight is 557 g/mol. The third-order valence-electron chi connectivity index (χ3n) is 6.97. The van der Waals surface area contributed by atoms with Gasteiger partial charge in [0, 0.05) is 20.6 Å². The summed E-state index contributed by atoms with van der Waals surface area (Å²) in [5.74, 6) is -0.0658. The fraction of sp³-hybridized carbons (Fsp3) is 0.379. The highest BCUT2D eigenvalue weighted by atomic mass is 32.3. The van der Waals surface area contributed by atoms with Gasteiger partial charge in [-0.25, -0.2) is 0 Å². The van der Waals surface area contributed by atoms with Crippen LogP contribution in [0.3, 0.4) is 0 Å². The van der Waals surface area contributed by atoms with Gasteiger partial charge in [0.25, 0.3) is 5.91 Å². The number of rotatable bonds is 8. The molecule has 0 saturated carbocycles. The van der Waals surface area contributed by atoms with Crippen LogP contribution < -0.4 is 4.74 Å². The molecule has 0 aliphatic carbocycles. The largest absolute Gasteiger partial charge is 0.487 e. The second-order valence-corrected chi connectivity index (χ2v) is 11.9. The Kier molecular flexibility index (Phi) is 8.70. The van der Waals surface area contributed by atoms with E-state index in [1.54, 1.807) is 48.7 Å². The molecule has 1 aromatic heterocycles. The second kappa shape index (κ2) is 11.8. The minimum Gasteiger partial charge on any atom is -0.487 e. The Bertz CT molecular complexity index is 1340. The van der Waals surface area contributed by atoms with Gasteiger partial charge in [0.1, 0.15) is 22.5 Å². The molecule has 4 rings (SSSR count). The molecule has 0 spiro atoms. The van der Waals surface area contributed by atoms with E-state index in [9.17, 15) is 18.7 Å². The van der Waals surface area contributed by atoms with Crippen LogP contribution in [0.4, 0.5) is 0 Å². The topological polar surface area (TPSA) is 113 Å². The number of esters is 1. The molecule has 2 unspecified atom stereocenters. The van der Waals surface area contributed by atoms with Crippen LogP contribution in [-0.4, -0.2) is 64.0 Å². The number of fused-ring (bicyclic) bond motifs is 1. The van der Waals surface area contributed by atoms with Gasteiger partial charge in [-0.1, -0.05) is 37.3 Å². The molecule has 210 valence electrons. The lowest BCUT2D eigenvalue weighted by Gasteiger charge is -2.42. The normalized spacial score (nSPS) is 18.3. The quantitative estimate of drug-likeness (QED) is 0.341. The van der Waals surface area contributed by atoms with Crippen molar-refractivity contribution in [2.75, 3.05) is 27.7 Å². The molecule has 2 N–H and O–H groups in total. The van der Waals surface area contributed by atoms with Gasteiger partial charge in [-0.05, 0) is 54.3 Å². The monoisotopic (exact) mass is 556 g/mol. The van der Waals surface area contributed by atoms with Gasteiger partial charge in [-0.15, -0.1) is 10.8 Å². The van der Waals surface area contributed by atoms with E-state index in [1.807, 2.05) is 38.1 Å². The lowest BCUT2D eigenvalue weighted by Crippen LogP contribution is -2.34. The van der Waals surface area contributed by atoms with E-state index in [-0.39, 0.29) is 30.7 Å². The molecule has 2 aromatic carbocycles. The van der Waals surface area contributed by atoms with Crippen molar-refractivity contribution in [3.63, 3.8) is 0 Å². The van der Waals surface area contributed by atoms with Gasteiger partial charge in [0.15, 0.2) is 5.76 Å². The van der Waals surface area contributed by atoms with E-state index in [4.69, 9.17) is 13.9 Å². The molecule has 9 nitrogen and oxygen atoms in total. The summed E-state index contributed by atoms with van der Waals surface area (Å²) in [6.45, 7) is 4.55. The fourth-order valence-corrected chi connectivity index (χ4v) is 6.22. The number of carbonyl (C=O) groups excluding carboxylic acids is 2. The maximum Gasteiger partial charge on any atom is 0.306 e. The van der Waals surface area contributed by atoms with Crippen molar-refractivity contribution < 1.29 is 32.6 Å². The first-order valence-corrected chi connectivity index (χ1v) is 14.3. The summed E-state index contributed by atoms with van der Waals surface area (Å²) in [5, 5.41) is 0. The molecule has 39 heavy (non-hydrogen) atoms. The number of para-hydroxylation sites is 1. The van der Waals surface area contributed by atoms with Crippen LogP contribution in [0.5, 0.6) is 5.75 Å². The molecule has 1 aliphatic heterocycles. The molecule has 10 heteroatoms. The Labute approximate surface area is 230 Å². The Morgan fingerprint density at radius 1 is 1.15 bits per heavy atom. The molecule has 1 aliphatic rings.